The summed E-state index contributed by atoms with van der Waals surface area (Å²) in [5, 5.41) is 9.27. The molecule has 4 heterocycles. The van der Waals surface area contributed by atoms with Crippen molar-refractivity contribution in [2.75, 3.05) is 13.2 Å². The quantitative estimate of drug-likeness (QED) is 0.800. The van der Waals surface area contributed by atoms with Crippen LogP contribution in [0.3, 0.4) is 0 Å². The number of piperidine rings is 1. The minimum absolute atomic E-state index is 0.113. The van der Waals surface area contributed by atoms with Crippen LogP contribution < -0.4 is 4.74 Å². The predicted molar refractivity (Wildman–Crippen MR) is 99.8 cm³/mol. The summed E-state index contributed by atoms with van der Waals surface area (Å²) in [4.78, 5) is 17.2. The minimum Gasteiger partial charge on any atom is -0.475 e. The van der Waals surface area contributed by atoms with E-state index >= 15 is 0 Å². The van der Waals surface area contributed by atoms with Crippen LogP contribution in [-0.2, 0) is 16.1 Å². The molecule has 0 saturated carbocycles. The molecule has 1 N–H and O–H groups in total. The van der Waals surface area contributed by atoms with Gasteiger partial charge in [-0.1, -0.05) is 12.1 Å². The van der Waals surface area contributed by atoms with Gasteiger partial charge in [-0.05, 0) is 30.4 Å². The van der Waals surface area contributed by atoms with Crippen molar-refractivity contribution in [2.24, 2.45) is 0 Å². The van der Waals surface area contributed by atoms with E-state index in [1.54, 1.807) is 6.20 Å². The van der Waals surface area contributed by atoms with Crippen LogP contribution in [0.15, 0.2) is 41.9 Å². The van der Waals surface area contributed by atoms with E-state index in [1.807, 2.05) is 29.5 Å². The number of fused-ring (bicyclic) bond motifs is 1. The van der Waals surface area contributed by atoms with Gasteiger partial charge in [0.25, 0.3) is 0 Å². The van der Waals surface area contributed by atoms with Gasteiger partial charge in [0.15, 0.2) is 0 Å². The molecule has 0 spiro atoms. The van der Waals surface area contributed by atoms with Crippen molar-refractivity contribution < 1.29 is 32.5 Å². The lowest BCUT2D eigenvalue weighted by Crippen LogP contribution is -2.53. The van der Waals surface area contributed by atoms with E-state index in [-0.39, 0.29) is 12.2 Å². The topological polar surface area (TPSA) is 71.9 Å². The smallest absolute Gasteiger partial charge is 0.475 e. The summed E-state index contributed by atoms with van der Waals surface area (Å²) < 4.78 is 43.8. The molecule has 2 aromatic rings. The second-order valence-corrected chi connectivity index (χ2v) is 7.69. The average Bonchev–Trinajstić information content (AvgIpc) is 3.36. The monoisotopic (exact) mass is 430 g/mol. The number of aliphatic carboxylic acids is 1. The number of rotatable bonds is 4. The number of pyridine rings is 1. The summed E-state index contributed by atoms with van der Waals surface area (Å²) in [5.74, 6) is -2.05. The lowest BCUT2D eigenvalue weighted by Gasteiger charge is -2.40. The Balaban J connectivity index is 0.000000298. The highest BCUT2D eigenvalue weighted by Gasteiger charge is 2.43. The largest absolute Gasteiger partial charge is 0.490 e. The molecule has 6 nitrogen and oxygen atoms in total. The number of halogens is 3. The first-order chi connectivity index (χ1) is 13.8. The molecule has 0 bridgehead atoms. The zero-order valence-electron chi connectivity index (χ0n) is 15.4. The Morgan fingerprint density at radius 2 is 2.10 bits per heavy atom. The first-order valence-electron chi connectivity index (χ1n) is 9.10. The van der Waals surface area contributed by atoms with Crippen LogP contribution >= 0.6 is 11.3 Å². The Bertz CT molecular complexity index is 774. The van der Waals surface area contributed by atoms with E-state index in [4.69, 9.17) is 19.4 Å². The molecule has 2 aliphatic heterocycles. The van der Waals surface area contributed by atoms with Gasteiger partial charge in [-0.2, -0.15) is 13.2 Å². The molecule has 2 aromatic heterocycles. The van der Waals surface area contributed by atoms with Gasteiger partial charge in [0.2, 0.25) is 5.88 Å². The normalized spacial score (nSPS) is 24.3. The number of likely N-dealkylation sites (tertiary alicyclic amines) is 1. The molecule has 2 saturated heterocycles. The van der Waals surface area contributed by atoms with Gasteiger partial charge in [-0.25, -0.2) is 9.78 Å². The second kappa shape index (κ2) is 9.55. The van der Waals surface area contributed by atoms with Crippen LogP contribution in [0.4, 0.5) is 13.2 Å². The minimum atomic E-state index is -5.08. The molecule has 4 rings (SSSR count). The van der Waals surface area contributed by atoms with Crippen LogP contribution in [0.25, 0.3) is 0 Å². The fraction of sp³-hybridized carbons (Fsp3) is 0.474. The number of aromatic nitrogens is 1. The van der Waals surface area contributed by atoms with Gasteiger partial charge >= 0.3 is 12.1 Å². The van der Waals surface area contributed by atoms with E-state index in [2.05, 4.69) is 27.4 Å². The molecule has 0 aliphatic carbocycles. The van der Waals surface area contributed by atoms with Crippen LogP contribution in [0.5, 0.6) is 5.88 Å². The number of carboxylic acids is 1. The molecule has 158 valence electrons. The Labute approximate surface area is 169 Å². The molecule has 29 heavy (non-hydrogen) atoms. The number of hydrogen-bond acceptors (Lipinski definition) is 6. The maximum Gasteiger partial charge on any atom is 0.490 e. The van der Waals surface area contributed by atoms with Crippen molar-refractivity contribution >= 4 is 17.3 Å². The number of ether oxygens (including phenoxy) is 2. The highest BCUT2D eigenvalue weighted by Crippen LogP contribution is 2.32. The van der Waals surface area contributed by atoms with Crippen LogP contribution in [0.1, 0.15) is 17.7 Å². The van der Waals surface area contributed by atoms with Gasteiger partial charge in [-0.3, -0.25) is 4.90 Å². The zero-order chi connectivity index (χ0) is 20.9. The molecule has 3 atom stereocenters. The van der Waals surface area contributed by atoms with Gasteiger partial charge < -0.3 is 14.6 Å². The Kier molecular flexibility index (Phi) is 7.09. The molecule has 0 amide bonds. The highest BCUT2D eigenvalue weighted by atomic mass is 32.1. The number of thiophene rings is 1. The molecular formula is C19H21F3N2O4S. The van der Waals surface area contributed by atoms with E-state index in [0.717, 1.165) is 32.5 Å². The van der Waals surface area contributed by atoms with Gasteiger partial charge in [-0.15, -0.1) is 11.3 Å². The maximum atomic E-state index is 10.6. The van der Waals surface area contributed by atoms with Gasteiger partial charge in [0.1, 0.15) is 12.2 Å². The lowest BCUT2D eigenvalue weighted by atomic mass is 9.95. The predicted octanol–water partition coefficient (Wildman–Crippen LogP) is 3.59. The van der Waals surface area contributed by atoms with Crippen molar-refractivity contribution in [2.45, 2.75) is 43.8 Å². The summed E-state index contributed by atoms with van der Waals surface area (Å²) in [7, 11) is 0. The molecule has 10 heteroatoms. The number of nitrogens with zero attached hydrogens (tertiary/aromatic N) is 2. The standard InChI is InChI=1S/C17H20N2O2S.C2HF3O2/c1-2-8-18-16(5-1)21-15-6-9-19(12-13-4-3-11-22-13)14-7-10-20-17(14)15;3-2(4,5)1(6)7/h1-5,8,11,14-15,17H,6-7,9-10,12H2;(H,6,7)/t14-,15+,17-;/m0./s1. The third-order valence-electron chi connectivity index (χ3n) is 4.73. The van der Waals surface area contributed by atoms with Crippen LogP contribution in [0, 0.1) is 0 Å². The van der Waals surface area contributed by atoms with Crippen LogP contribution in [0.2, 0.25) is 0 Å². The maximum absolute atomic E-state index is 10.6. The molecule has 2 fully saturated rings. The van der Waals surface area contributed by atoms with E-state index in [0.29, 0.717) is 11.9 Å². The summed E-state index contributed by atoms with van der Waals surface area (Å²) in [6, 6.07) is 10.6. The fourth-order valence-corrected chi connectivity index (χ4v) is 4.20. The average molecular weight is 430 g/mol. The van der Waals surface area contributed by atoms with E-state index in [9.17, 15) is 13.2 Å². The summed E-state index contributed by atoms with van der Waals surface area (Å²) >= 11 is 1.83. The summed E-state index contributed by atoms with van der Waals surface area (Å²) in [6.45, 7) is 2.91. The first-order valence-corrected chi connectivity index (χ1v) is 9.98. The Morgan fingerprint density at radius 1 is 1.31 bits per heavy atom. The Hall–Kier alpha value is -2.17. The molecule has 0 radical (unpaired) electrons. The van der Waals surface area contributed by atoms with E-state index in [1.165, 1.54) is 4.88 Å². The molecular weight excluding hydrogens is 409 g/mol. The number of hydrogen-bond donors (Lipinski definition) is 1. The van der Waals surface area contributed by atoms with Crippen molar-refractivity contribution in [3.63, 3.8) is 0 Å². The fourth-order valence-electron chi connectivity index (χ4n) is 3.47. The third kappa shape index (κ3) is 5.91. The SMILES string of the molecule is O=C(O)C(F)(F)F.c1ccc(O[C@@H]2CCN(Cc3cccs3)[C@H]3CCO[C@H]23)nc1. The lowest BCUT2D eigenvalue weighted by molar-refractivity contribution is -0.192. The van der Waals surface area contributed by atoms with E-state index < -0.39 is 12.1 Å². The number of alkyl halides is 3. The summed E-state index contributed by atoms with van der Waals surface area (Å²) in [6.07, 6.45) is -0.951. The Morgan fingerprint density at radius 3 is 2.72 bits per heavy atom. The number of carbonyl (C=O) groups is 1. The third-order valence-corrected chi connectivity index (χ3v) is 5.59. The van der Waals surface area contributed by atoms with Crippen molar-refractivity contribution in [1.29, 1.82) is 0 Å². The van der Waals surface area contributed by atoms with Crippen molar-refractivity contribution in [3.8, 4) is 5.88 Å². The van der Waals surface area contributed by atoms with Crippen LogP contribution in [-0.4, -0.2) is 58.5 Å². The first kappa shape index (κ1) is 21.5. The van der Waals surface area contributed by atoms with Gasteiger partial charge in [0, 0.05) is 42.9 Å². The molecule has 0 unspecified atom stereocenters. The highest BCUT2D eigenvalue weighted by molar-refractivity contribution is 7.09. The van der Waals surface area contributed by atoms with Crippen molar-refractivity contribution in [3.05, 3.63) is 46.8 Å². The summed E-state index contributed by atoms with van der Waals surface area (Å²) in [5.41, 5.74) is 0. The zero-order valence-corrected chi connectivity index (χ0v) is 16.2. The van der Waals surface area contributed by atoms with Crippen molar-refractivity contribution in [1.82, 2.24) is 9.88 Å². The second-order valence-electron chi connectivity index (χ2n) is 6.66. The number of carboxylic acid groups (broad SMARTS) is 1. The van der Waals surface area contributed by atoms with Gasteiger partial charge in [0.05, 0.1) is 0 Å². The molecule has 2 aliphatic rings. The molecule has 0 aromatic carbocycles.